The Morgan fingerprint density at radius 3 is 2.50 bits per heavy atom. The molecular formula is C21H24N4O5S2. The molecule has 2 amide bonds. The number of ether oxygens (including phenoxy) is 1. The molecule has 2 heterocycles. The van der Waals surface area contributed by atoms with Crippen molar-refractivity contribution >= 4 is 38.5 Å². The molecule has 2 aromatic rings. The normalized spacial score (nSPS) is 13.4. The number of nitrogens with one attached hydrogen (secondary N) is 1. The zero-order valence-electron chi connectivity index (χ0n) is 17.6. The lowest BCUT2D eigenvalue weighted by Gasteiger charge is -2.24. The number of carbonyl (C=O) groups excluding carboxylic acids is 2. The number of hydrogen-bond donors (Lipinski definition) is 1. The van der Waals surface area contributed by atoms with E-state index in [0.717, 1.165) is 10.6 Å². The zero-order valence-corrected chi connectivity index (χ0v) is 19.2. The smallest absolute Gasteiger partial charge is 0.409 e. The van der Waals surface area contributed by atoms with E-state index in [9.17, 15) is 18.0 Å². The Balaban J connectivity index is 1.71. The number of methoxy groups -OCH3 is 1. The van der Waals surface area contributed by atoms with Crippen LogP contribution in [0.2, 0.25) is 0 Å². The van der Waals surface area contributed by atoms with E-state index in [2.05, 4.69) is 23.5 Å². The monoisotopic (exact) mass is 476 g/mol. The van der Waals surface area contributed by atoms with E-state index in [0.29, 0.717) is 30.2 Å². The molecule has 0 aliphatic carbocycles. The summed E-state index contributed by atoms with van der Waals surface area (Å²) in [6.45, 7) is 8.36. The molecule has 1 N–H and O–H groups in total. The Morgan fingerprint density at radius 2 is 1.91 bits per heavy atom. The topological polar surface area (TPSA) is 109 Å². The molecule has 32 heavy (non-hydrogen) atoms. The van der Waals surface area contributed by atoms with Gasteiger partial charge in [-0.3, -0.25) is 10.1 Å². The van der Waals surface area contributed by atoms with E-state index in [1.54, 1.807) is 4.90 Å². The van der Waals surface area contributed by atoms with Gasteiger partial charge in [-0.15, -0.1) is 13.2 Å². The van der Waals surface area contributed by atoms with E-state index < -0.39 is 22.0 Å². The van der Waals surface area contributed by atoms with Crippen LogP contribution >= 0.6 is 11.3 Å². The fourth-order valence-electron chi connectivity index (χ4n) is 3.19. The van der Waals surface area contributed by atoms with Gasteiger partial charge in [-0.2, -0.15) is 4.31 Å². The summed E-state index contributed by atoms with van der Waals surface area (Å²) in [6.07, 6.45) is 3.18. The quantitative estimate of drug-likeness (QED) is 0.587. The van der Waals surface area contributed by atoms with Gasteiger partial charge in [0.2, 0.25) is 10.0 Å². The highest BCUT2D eigenvalue weighted by molar-refractivity contribution is 7.89. The van der Waals surface area contributed by atoms with Crippen LogP contribution in [0, 0.1) is 0 Å². The fourth-order valence-corrected chi connectivity index (χ4v) is 5.59. The van der Waals surface area contributed by atoms with Gasteiger partial charge in [0.1, 0.15) is 0 Å². The molecule has 1 aromatic heterocycles. The molecule has 0 bridgehead atoms. The van der Waals surface area contributed by atoms with Crippen molar-refractivity contribution in [3.8, 4) is 0 Å². The van der Waals surface area contributed by atoms with Crippen molar-refractivity contribution in [2.24, 2.45) is 0 Å². The Hall–Kier alpha value is -3.02. The highest BCUT2D eigenvalue weighted by atomic mass is 32.2. The first-order valence-electron chi connectivity index (χ1n) is 9.75. The van der Waals surface area contributed by atoms with Crippen molar-refractivity contribution in [3.63, 3.8) is 0 Å². The van der Waals surface area contributed by atoms with Crippen LogP contribution in [0.4, 0.5) is 9.93 Å². The van der Waals surface area contributed by atoms with E-state index in [-0.39, 0.29) is 18.0 Å². The summed E-state index contributed by atoms with van der Waals surface area (Å²) in [5.41, 5.74) is 1.14. The third kappa shape index (κ3) is 5.06. The van der Waals surface area contributed by atoms with Crippen molar-refractivity contribution in [2.45, 2.75) is 17.9 Å². The van der Waals surface area contributed by atoms with Crippen LogP contribution in [0.3, 0.4) is 0 Å². The molecule has 0 saturated heterocycles. The van der Waals surface area contributed by atoms with Crippen LogP contribution in [0.15, 0.2) is 54.5 Å². The lowest BCUT2D eigenvalue weighted by atomic mass is 10.2. The SMILES string of the molecule is C=CCN(CC=C)S(=O)(=O)c1ccc(C(=O)Nc2nc3c(s2)CN(C(=O)OC)CC3)cc1. The summed E-state index contributed by atoms with van der Waals surface area (Å²) in [7, 11) is -2.40. The molecule has 170 valence electrons. The highest BCUT2D eigenvalue weighted by Crippen LogP contribution is 2.29. The maximum Gasteiger partial charge on any atom is 0.409 e. The minimum Gasteiger partial charge on any atom is -0.453 e. The number of carbonyl (C=O) groups is 2. The molecule has 0 spiro atoms. The van der Waals surface area contributed by atoms with E-state index in [1.807, 2.05) is 0 Å². The standard InChI is InChI=1S/C21H24N4O5S2/c1-4-11-25(12-5-2)32(28,29)16-8-6-15(7-9-16)19(26)23-20-22-17-10-13-24(21(27)30-3)14-18(17)31-20/h4-9H,1-2,10-14H2,3H3,(H,22,23,26). The zero-order chi connectivity index (χ0) is 23.3. The number of benzene rings is 1. The van der Waals surface area contributed by atoms with Gasteiger partial charge in [-0.25, -0.2) is 18.2 Å². The molecular weight excluding hydrogens is 452 g/mol. The fraction of sp³-hybridized carbons (Fsp3) is 0.286. The average Bonchev–Trinajstić information content (AvgIpc) is 3.19. The first-order chi connectivity index (χ1) is 15.3. The Labute approximate surface area is 191 Å². The predicted octanol–water partition coefficient (Wildman–Crippen LogP) is 2.88. The molecule has 0 fully saturated rings. The Morgan fingerprint density at radius 1 is 1.25 bits per heavy atom. The van der Waals surface area contributed by atoms with Gasteiger partial charge in [0, 0.05) is 36.5 Å². The van der Waals surface area contributed by atoms with Crippen molar-refractivity contribution in [1.82, 2.24) is 14.2 Å². The number of rotatable bonds is 8. The third-order valence-electron chi connectivity index (χ3n) is 4.80. The molecule has 0 unspecified atom stereocenters. The number of nitrogens with zero attached hydrogens (tertiary/aromatic N) is 3. The van der Waals surface area contributed by atoms with E-state index in [1.165, 1.54) is 59.2 Å². The minimum absolute atomic E-state index is 0.0744. The van der Waals surface area contributed by atoms with E-state index >= 15 is 0 Å². The molecule has 1 aliphatic heterocycles. The van der Waals surface area contributed by atoms with Crippen molar-refractivity contribution in [3.05, 3.63) is 65.7 Å². The van der Waals surface area contributed by atoms with Crippen LogP contribution in [0.1, 0.15) is 20.9 Å². The number of aromatic nitrogens is 1. The van der Waals surface area contributed by atoms with Crippen molar-refractivity contribution in [2.75, 3.05) is 32.1 Å². The number of amides is 2. The van der Waals surface area contributed by atoms with Gasteiger partial charge in [0.05, 0.1) is 24.2 Å². The molecule has 1 aromatic carbocycles. The summed E-state index contributed by atoms with van der Waals surface area (Å²) in [6, 6.07) is 5.69. The van der Waals surface area contributed by atoms with Gasteiger partial charge in [0.25, 0.3) is 5.91 Å². The minimum atomic E-state index is -3.74. The van der Waals surface area contributed by atoms with Crippen LogP contribution in [0.25, 0.3) is 0 Å². The summed E-state index contributed by atoms with van der Waals surface area (Å²) < 4.78 is 31.5. The second-order valence-corrected chi connectivity index (χ2v) is 9.93. The molecule has 1 aliphatic rings. The number of anilines is 1. The molecule has 9 nitrogen and oxygen atoms in total. The predicted molar refractivity (Wildman–Crippen MR) is 122 cm³/mol. The van der Waals surface area contributed by atoms with Crippen LogP contribution in [-0.2, 0) is 27.7 Å². The maximum atomic E-state index is 12.8. The number of hydrogen-bond acceptors (Lipinski definition) is 7. The lowest BCUT2D eigenvalue weighted by molar-refractivity contribution is 0.102. The summed E-state index contributed by atoms with van der Waals surface area (Å²) in [5, 5.41) is 3.17. The molecule has 0 atom stereocenters. The van der Waals surface area contributed by atoms with E-state index in [4.69, 9.17) is 4.74 Å². The second-order valence-electron chi connectivity index (χ2n) is 6.91. The Bertz CT molecular complexity index is 1120. The maximum absolute atomic E-state index is 12.8. The van der Waals surface area contributed by atoms with Gasteiger partial charge in [-0.05, 0) is 24.3 Å². The van der Waals surface area contributed by atoms with Crippen molar-refractivity contribution < 1.29 is 22.7 Å². The lowest BCUT2D eigenvalue weighted by Crippen LogP contribution is -2.35. The van der Waals surface area contributed by atoms with Crippen LogP contribution < -0.4 is 5.32 Å². The number of fused-ring (bicyclic) bond motifs is 1. The van der Waals surface area contributed by atoms with Gasteiger partial charge in [-0.1, -0.05) is 23.5 Å². The summed E-state index contributed by atoms with van der Waals surface area (Å²) >= 11 is 1.30. The number of thiazole rings is 1. The van der Waals surface area contributed by atoms with Crippen molar-refractivity contribution in [1.29, 1.82) is 0 Å². The summed E-state index contributed by atoms with van der Waals surface area (Å²) in [4.78, 5) is 31.3. The van der Waals surface area contributed by atoms with Crippen LogP contribution in [-0.4, -0.2) is 61.4 Å². The molecule has 0 saturated carbocycles. The largest absolute Gasteiger partial charge is 0.453 e. The molecule has 3 rings (SSSR count). The average molecular weight is 477 g/mol. The Kier molecular flexibility index (Phi) is 7.44. The van der Waals surface area contributed by atoms with Gasteiger partial charge in [0.15, 0.2) is 5.13 Å². The first kappa shape index (κ1) is 23.6. The highest BCUT2D eigenvalue weighted by Gasteiger charge is 2.26. The first-order valence-corrected chi connectivity index (χ1v) is 12.0. The second kappa shape index (κ2) is 10.1. The van der Waals surface area contributed by atoms with Gasteiger partial charge >= 0.3 is 6.09 Å². The third-order valence-corrected chi connectivity index (χ3v) is 7.65. The molecule has 11 heteroatoms. The summed E-state index contributed by atoms with van der Waals surface area (Å²) in [5.74, 6) is -0.404. The van der Waals surface area contributed by atoms with Crippen LogP contribution in [0.5, 0.6) is 0 Å². The molecule has 0 radical (unpaired) electrons. The number of sulfonamides is 1. The van der Waals surface area contributed by atoms with Gasteiger partial charge < -0.3 is 9.64 Å².